The van der Waals surface area contributed by atoms with Crippen LogP contribution in [0.3, 0.4) is 0 Å². The van der Waals surface area contributed by atoms with Crippen molar-refractivity contribution in [3.63, 3.8) is 0 Å². The number of benzene rings is 2. The molecule has 5 heteroatoms. The highest BCUT2D eigenvalue weighted by Gasteiger charge is 2.51. The first-order valence-electron chi connectivity index (χ1n) is 9.04. The van der Waals surface area contributed by atoms with Crippen LogP contribution < -0.4 is 5.73 Å². The second-order valence-electron chi connectivity index (χ2n) is 7.00. The number of nitrogens with one attached hydrogen (secondary N) is 1. The highest BCUT2D eigenvalue weighted by Crippen LogP contribution is 2.48. The second-order valence-corrected chi connectivity index (χ2v) is 7.88. The minimum Gasteiger partial charge on any atom is -0.481 e. The smallest absolute Gasteiger partial charge is 0.314 e. The minimum atomic E-state index is -0.729. The molecular formula is C23H20N2O2S. The molecule has 4 rings (SSSR count). The molecule has 4 N–H and O–H groups in total. The molecule has 0 unspecified atom stereocenters. The van der Waals surface area contributed by atoms with Crippen LogP contribution in [0.25, 0.3) is 27.6 Å². The molecule has 140 valence electrons. The van der Waals surface area contributed by atoms with Crippen molar-refractivity contribution < 1.29 is 9.90 Å². The maximum atomic E-state index is 11.5. The zero-order valence-corrected chi connectivity index (χ0v) is 16.0. The lowest BCUT2D eigenvalue weighted by molar-refractivity contribution is -0.140. The van der Waals surface area contributed by atoms with Crippen LogP contribution in [0.2, 0.25) is 0 Å². The van der Waals surface area contributed by atoms with Gasteiger partial charge in [0.2, 0.25) is 0 Å². The standard InChI is InChI=1S/C23H20N2O2S/c24-13-1-2-18-14-28-21(20(18)25)17-5-3-15(4-6-17)16-7-9-19(10-8-16)23(11-12-23)22(26)27/h1-10,13-14,24H,11-12,25H2,(H,26,27)/b2-1-,24-13?. The summed E-state index contributed by atoms with van der Waals surface area (Å²) in [5.41, 5.74) is 11.3. The molecule has 1 aromatic heterocycles. The van der Waals surface area contributed by atoms with E-state index in [1.54, 1.807) is 17.4 Å². The van der Waals surface area contributed by atoms with Crippen LogP contribution >= 0.6 is 11.3 Å². The molecule has 1 fully saturated rings. The first kappa shape index (κ1) is 18.2. The molecule has 0 bridgehead atoms. The Kier molecular flexibility index (Phi) is 4.61. The molecule has 28 heavy (non-hydrogen) atoms. The number of nitrogen functional groups attached to an aromatic ring is 1. The van der Waals surface area contributed by atoms with E-state index in [-0.39, 0.29) is 0 Å². The second kappa shape index (κ2) is 7.09. The van der Waals surface area contributed by atoms with E-state index in [0.717, 1.165) is 51.2 Å². The molecule has 0 spiro atoms. The average Bonchev–Trinajstić information content (AvgIpc) is 3.46. The molecule has 0 aliphatic heterocycles. The van der Waals surface area contributed by atoms with Gasteiger partial charge in [-0.25, -0.2) is 0 Å². The van der Waals surface area contributed by atoms with Gasteiger partial charge in [0.05, 0.1) is 16.0 Å². The van der Waals surface area contributed by atoms with Gasteiger partial charge in [0, 0.05) is 17.2 Å². The predicted octanol–water partition coefficient (Wildman–Crippen LogP) is 5.44. The summed E-state index contributed by atoms with van der Waals surface area (Å²) in [6.07, 6.45) is 6.16. The highest BCUT2D eigenvalue weighted by atomic mass is 32.1. The zero-order chi connectivity index (χ0) is 19.7. The predicted molar refractivity (Wildman–Crippen MR) is 116 cm³/mol. The van der Waals surface area contributed by atoms with E-state index in [1.807, 2.05) is 35.7 Å². The quantitative estimate of drug-likeness (QED) is 0.491. The number of thiophene rings is 1. The van der Waals surface area contributed by atoms with E-state index in [9.17, 15) is 9.90 Å². The molecule has 1 saturated carbocycles. The van der Waals surface area contributed by atoms with Crippen LogP contribution in [0.15, 0.2) is 60.0 Å². The molecule has 3 aromatic rings. The van der Waals surface area contributed by atoms with E-state index < -0.39 is 11.4 Å². The number of allylic oxidation sites excluding steroid dienone is 1. The van der Waals surface area contributed by atoms with Gasteiger partial charge in [0.15, 0.2) is 0 Å². The zero-order valence-electron chi connectivity index (χ0n) is 15.2. The Balaban J connectivity index is 1.57. The molecule has 2 aromatic carbocycles. The highest BCUT2D eigenvalue weighted by molar-refractivity contribution is 7.14. The van der Waals surface area contributed by atoms with Crippen molar-refractivity contribution in [2.75, 3.05) is 5.73 Å². The van der Waals surface area contributed by atoms with Crippen LogP contribution in [0.5, 0.6) is 0 Å². The van der Waals surface area contributed by atoms with Crippen molar-refractivity contribution in [1.29, 1.82) is 5.41 Å². The van der Waals surface area contributed by atoms with Crippen LogP contribution in [-0.4, -0.2) is 17.3 Å². The van der Waals surface area contributed by atoms with Crippen molar-refractivity contribution in [3.8, 4) is 21.6 Å². The Morgan fingerprint density at radius 1 is 1.04 bits per heavy atom. The van der Waals surface area contributed by atoms with E-state index >= 15 is 0 Å². The molecule has 0 radical (unpaired) electrons. The van der Waals surface area contributed by atoms with Gasteiger partial charge < -0.3 is 16.2 Å². The third-order valence-corrected chi connectivity index (χ3v) is 6.37. The summed E-state index contributed by atoms with van der Waals surface area (Å²) >= 11 is 1.59. The molecule has 1 aliphatic rings. The third kappa shape index (κ3) is 3.14. The molecule has 0 amide bonds. The van der Waals surface area contributed by atoms with E-state index in [2.05, 4.69) is 24.3 Å². The van der Waals surface area contributed by atoms with Gasteiger partial charge in [-0.3, -0.25) is 4.79 Å². The van der Waals surface area contributed by atoms with Gasteiger partial charge in [0.1, 0.15) is 0 Å². The average molecular weight is 388 g/mol. The van der Waals surface area contributed by atoms with Gasteiger partial charge in [-0.05, 0) is 41.2 Å². The van der Waals surface area contributed by atoms with Crippen molar-refractivity contribution in [2.24, 2.45) is 0 Å². The molecule has 4 nitrogen and oxygen atoms in total. The summed E-state index contributed by atoms with van der Waals surface area (Å²) in [6.45, 7) is 0. The summed E-state index contributed by atoms with van der Waals surface area (Å²) in [7, 11) is 0. The van der Waals surface area contributed by atoms with Crippen LogP contribution in [0.1, 0.15) is 24.0 Å². The fraction of sp³-hybridized carbons (Fsp3) is 0.130. The maximum Gasteiger partial charge on any atom is 0.314 e. The van der Waals surface area contributed by atoms with Gasteiger partial charge in [-0.15, -0.1) is 11.3 Å². The Hall–Kier alpha value is -3.18. The van der Waals surface area contributed by atoms with E-state index in [4.69, 9.17) is 11.1 Å². The number of anilines is 1. The minimum absolute atomic E-state index is 0.664. The van der Waals surface area contributed by atoms with Gasteiger partial charge in [-0.1, -0.05) is 54.6 Å². The number of carboxylic acids is 1. The number of rotatable bonds is 6. The van der Waals surface area contributed by atoms with Crippen molar-refractivity contribution in [1.82, 2.24) is 0 Å². The van der Waals surface area contributed by atoms with Gasteiger partial charge in [-0.2, -0.15) is 0 Å². The lowest BCUT2D eigenvalue weighted by Crippen LogP contribution is -2.19. The van der Waals surface area contributed by atoms with Crippen LogP contribution in [0.4, 0.5) is 5.69 Å². The molecule has 0 saturated heterocycles. The largest absolute Gasteiger partial charge is 0.481 e. The summed E-state index contributed by atoms with van der Waals surface area (Å²) < 4.78 is 0. The third-order valence-electron chi connectivity index (χ3n) is 5.31. The Bertz CT molecular complexity index is 1060. The monoisotopic (exact) mass is 388 g/mol. The summed E-state index contributed by atoms with van der Waals surface area (Å²) in [5, 5.41) is 18.5. The van der Waals surface area contributed by atoms with Gasteiger partial charge in [0.25, 0.3) is 0 Å². The van der Waals surface area contributed by atoms with Crippen molar-refractivity contribution in [3.05, 3.63) is 71.1 Å². The normalized spacial score (nSPS) is 14.9. The topological polar surface area (TPSA) is 87.2 Å². The van der Waals surface area contributed by atoms with Crippen molar-refractivity contribution in [2.45, 2.75) is 18.3 Å². The molecular weight excluding hydrogens is 368 g/mol. The van der Waals surface area contributed by atoms with E-state index in [1.165, 1.54) is 6.21 Å². The number of carbonyl (C=O) groups is 1. The Morgan fingerprint density at radius 2 is 1.61 bits per heavy atom. The summed E-state index contributed by atoms with van der Waals surface area (Å²) in [5.74, 6) is -0.729. The van der Waals surface area contributed by atoms with E-state index in [0.29, 0.717) is 0 Å². The maximum absolute atomic E-state index is 11.5. The van der Waals surface area contributed by atoms with Crippen LogP contribution in [-0.2, 0) is 10.2 Å². The Labute approximate surface area is 167 Å². The molecule has 1 heterocycles. The number of aliphatic carboxylic acids is 1. The summed E-state index contributed by atoms with van der Waals surface area (Å²) in [6, 6.07) is 16.1. The fourth-order valence-electron chi connectivity index (χ4n) is 3.43. The first-order valence-corrected chi connectivity index (χ1v) is 9.92. The Morgan fingerprint density at radius 3 is 2.14 bits per heavy atom. The van der Waals surface area contributed by atoms with Gasteiger partial charge >= 0.3 is 5.97 Å². The number of hydrogen-bond donors (Lipinski definition) is 3. The molecule has 0 atom stereocenters. The SMILES string of the molecule is N=C/C=C\c1csc(-c2ccc(-c3ccc(C4(C(=O)O)CC4)cc3)cc2)c1N. The number of carboxylic acid groups (broad SMARTS) is 1. The lowest BCUT2D eigenvalue weighted by atomic mass is 9.93. The fourth-order valence-corrected chi connectivity index (χ4v) is 4.40. The summed E-state index contributed by atoms with van der Waals surface area (Å²) in [4.78, 5) is 12.5. The first-order chi connectivity index (χ1) is 13.5. The van der Waals surface area contributed by atoms with Crippen LogP contribution in [0, 0.1) is 5.41 Å². The number of hydrogen-bond acceptors (Lipinski definition) is 4. The van der Waals surface area contributed by atoms with Crippen molar-refractivity contribution >= 4 is 35.3 Å². The lowest BCUT2D eigenvalue weighted by Gasteiger charge is -2.11. The molecule has 1 aliphatic carbocycles. The number of nitrogens with two attached hydrogens (primary N) is 1.